The Hall–Kier alpha value is -2.15. The van der Waals surface area contributed by atoms with E-state index in [0.29, 0.717) is 6.42 Å². The molecule has 1 heterocycles. The van der Waals surface area contributed by atoms with Crippen molar-refractivity contribution in [3.63, 3.8) is 0 Å². The predicted octanol–water partition coefficient (Wildman–Crippen LogP) is 1.67. The predicted molar refractivity (Wildman–Crippen MR) is 99.2 cm³/mol. The minimum atomic E-state index is -3.07. The Balaban J connectivity index is 2.14. The molecule has 0 saturated carbocycles. The molecule has 1 aromatic heterocycles. The lowest BCUT2D eigenvalue weighted by Gasteiger charge is -2.21. The van der Waals surface area contributed by atoms with Gasteiger partial charge in [-0.25, -0.2) is 9.88 Å². The molecule has 2 aromatic rings. The molecule has 0 aliphatic rings. The van der Waals surface area contributed by atoms with Crippen LogP contribution < -0.4 is 10.4 Å². The summed E-state index contributed by atoms with van der Waals surface area (Å²) in [6.45, 7) is 3.74. The molecule has 0 bridgehead atoms. The molecule has 142 valence electrons. The summed E-state index contributed by atoms with van der Waals surface area (Å²) in [6.07, 6.45) is 2.15. The van der Waals surface area contributed by atoms with Crippen LogP contribution in [-0.2, 0) is 20.6 Å². The van der Waals surface area contributed by atoms with Crippen LogP contribution in [0.25, 0.3) is 10.9 Å². The van der Waals surface area contributed by atoms with E-state index in [0.717, 1.165) is 16.5 Å². The zero-order valence-corrected chi connectivity index (χ0v) is 15.7. The van der Waals surface area contributed by atoms with E-state index in [4.69, 9.17) is 4.89 Å². The van der Waals surface area contributed by atoms with Gasteiger partial charge in [0.15, 0.2) is 0 Å². The van der Waals surface area contributed by atoms with Gasteiger partial charge in [-0.05, 0) is 24.0 Å². The van der Waals surface area contributed by atoms with Crippen LogP contribution >= 0.6 is 8.18 Å². The molecule has 1 amide bonds. The first kappa shape index (κ1) is 20.2. The van der Waals surface area contributed by atoms with Gasteiger partial charge < -0.3 is 20.3 Å². The van der Waals surface area contributed by atoms with Crippen molar-refractivity contribution in [2.24, 2.45) is 5.92 Å². The summed E-state index contributed by atoms with van der Waals surface area (Å²) in [6, 6.07) is 5.43. The van der Waals surface area contributed by atoms with Gasteiger partial charge in [0.25, 0.3) is 8.18 Å². The summed E-state index contributed by atoms with van der Waals surface area (Å²) in [7, 11) is -3.07. The van der Waals surface area contributed by atoms with E-state index < -0.39 is 32.1 Å². The Bertz CT molecular complexity index is 805. The van der Waals surface area contributed by atoms with E-state index >= 15 is 0 Å². The van der Waals surface area contributed by atoms with Crippen molar-refractivity contribution in [3.8, 4) is 0 Å². The summed E-state index contributed by atoms with van der Waals surface area (Å²) >= 11 is 0. The third-order valence-corrected chi connectivity index (χ3v) is 4.63. The fourth-order valence-corrected chi connectivity index (χ4v) is 3.39. The second-order valence-electron chi connectivity index (χ2n) is 6.59. The number of aliphatic carboxylic acids is 1. The van der Waals surface area contributed by atoms with Crippen LogP contribution in [0.3, 0.4) is 0 Å². The van der Waals surface area contributed by atoms with Gasteiger partial charge in [-0.2, -0.15) is 0 Å². The molecule has 8 nitrogen and oxygen atoms in total. The minimum Gasteiger partial charge on any atom is -0.480 e. The molecule has 1 unspecified atom stereocenters. The quantitative estimate of drug-likeness (QED) is 0.420. The maximum absolute atomic E-state index is 12.4. The SMILES string of the molecule is CC(C)C[C@H](N[PH](=O)O)C(=O)N[C@@H](Cc1c[nH]c2ccccc12)C(=O)O. The first-order valence-electron chi connectivity index (χ1n) is 8.35. The van der Waals surface area contributed by atoms with Gasteiger partial charge in [0, 0.05) is 23.5 Å². The smallest absolute Gasteiger partial charge is 0.326 e. The van der Waals surface area contributed by atoms with Crippen molar-refractivity contribution in [3.05, 3.63) is 36.0 Å². The number of carbonyl (C=O) groups excluding carboxylic acids is 1. The molecule has 0 spiro atoms. The van der Waals surface area contributed by atoms with Crippen LogP contribution in [0.1, 0.15) is 25.8 Å². The summed E-state index contributed by atoms with van der Waals surface area (Å²) in [5.41, 5.74) is 1.66. The lowest BCUT2D eigenvalue weighted by molar-refractivity contribution is -0.142. The zero-order valence-electron chi connectivity index (χ0n) is 14.7. The van der Waals surface area contributed by atoms with E-state index in [9.17, 15) is 19.3 Å². The number of fused-ring (bicyclic) bond motifs is 1. The lowest BCUT2D eigenvalue weighted by Crippen LogP contribution is -2.50. The third kappa shape index (κ3) is 5.42. The van der Waals surface area contributed by atoms with Gasteiger partial charge in [0.05, 0.1) is 6.04 Å². The molecule has 0 fully saturated rings. The average molecular weight is 381 g/mol. The molecule has 0 aliphatic heterocycles. The highest BCUT2D eigenvalue weighted by molar-refractivity contribution is 7.35. The molecule has 2 rings (SSSR count). The van der Waals surface area contributed by atoms with Crippen LogP contribution in [-0.4, -0.2) is 38.9 Å². The number of nitrogens with one attached hydrogen (secondary N) is 3. The highest BCUT2D eigenvalue weighted by Crippen LogP contribution is 2.19. The minimum absolute atomic E-state index is 0.0940. The first-order chi connectivity index (χ1) is 12.3. The Labute approximate surface area is 151 Å². The highest BCUT2D eigenvalue weighted by Gasteiger charge is 2.27. The molecular formula is C17H24N3O5P. The van der Waals surface area contributed by atoms with Crippen molar-refractivity contribution in [1.82, 2.24) is 15.4 Å². The Kier molecular flexibility index (Phi) is 6.97. The van der Waals surface area contributed by atoms with Crippen molar-refractivity contribution in [1.29, 1.82) is 0 Å². The Morgan fingerprint density at radius 1 is 1.23 bits per heavy atom. The molecule has 9 heteroatoms. The van der Waals surface area contributed by atoms with Crippen molar-refractivity contribution in [2.75, 3.05) is 0 Å². The number of hydrogen-bond donors (Lipinski definition) is 5. The number of benzene rings is 1. The van der Waals surface area contributed by atoms with Crippen molar-refractivity contribution in [2.45, 2.75) is 38.8 Å². The summed E-state index contributed by atoms with van der Waals surface area (Å²) in [5, 5.41) is 15.2. The Morgan fingerprint density at radius 3 is 2.54 bits per heavy atom. The number of aromatic nitrogens is 1. The van der Waals surface area contributed by atoms with Gasteiger partial charge in [0.2, 0.25) is 5.91 Å². The van der Waals surface area contributed by atoms with Crippen LogP contribution in [0.5, 0.6) is 0 Å². The van der Waals surface area contributed by atoms with Gasteiger partial charge in [-0.3, -0.25) is 9.36 Å². The molecule has 0 aliphatic carbocycles. The van der Waals surface area contributed by atoms with Gasteiger partial charge >= 0.3 is 5.97 Å². The van der Waals surface area contributed by atoms with E-state index in [2.05, 4.69) is 15.4 Å². The van der Waals surface area contributed by atoms with E-state index in [1.54, 1.807) is 6.20 Å². The first-order valence-corrected chi connectivity index (χ1v) is 9.71. The second kappa shape index (κ2) is 8.98. The standard InChI is InChI=1S/C17H24N3O5P/c1-10(2)7-14(20-26(24)25)16(21)19-15(17(22)23)8-11-9-18-13-6-4-3-5-12(11)13/h3-6,9-10,14-15,18,26H,7-8H2,1-2H3,(H,19,21)(H,22,23)(H2,20,24,25)/t14-,15-/m0/s1. The summed E-state index contributed by atoms with van der Waals surface area (Å²) in [5.74, 6) is -1.67. The number of carboxylic acids is 1. The lowest BCUT2D eigenvalue weighted by atomic mass is 10.0. The number of carbonyl (C=O) groups is 2. The molecule has 1 aromatic carbocycles. The normalized spacial score (nSPS) is 14.9. The molecule has 0 saturated heterocycles. The summed E-state index contributed by atoms with van der Waals surface area (Å²) in [4.78, 5) is 36.2. The van der Waals surface area contributed by atoms with Crippen molar-refractivity contribution < 1.29 is 24.2 Å². The van der Waals surface area contributed by atoms with E-state index in [-0.39, 0.29) is 12.3 Å². The number of H-pyrrole nitrogens is 1. The number of rotatable bonds is 9. The number of hydrogen-bond acceptors (Lipinski definition) is 3. The fourth-order valence-electron chi connectivity index (χ4n) is 2.84. The molecule has 26 heavy (non-hydrogen) atoms. The van der Waals surface area contributed by atoms with E-state index in [1.165, 1.54) is 0 Å². The number of aromatic amines is 1. The van der Waals surface area contributed by atoms with Gasteiger partial charge in [-0.15, -0.1) is 0 Å². The average Bonchev–Trinajstić information content (AvgIpc) is 2.95. The van der Waals surface area contributed by atoms with Crippen molar-refractivity contribution >= 4 is 31.0 Å². The van der Waals surface area contributed by atoms with Crippen LogP contribution in [0, 0.1) is 5.92 Å². The third-order valence-electron chi connectivity index (χ3n) is 4.03. The highest BCUT2D eigenvalue weighted by atomic mass is 31.1. The molecule has 3 atom stereocenters. The topological polar surface area (TPSA) is 132 Å². The second-order valence-corrected chi connectivity index (χ2v) is 7.49. The monoisotopic (exact) mass is 381 g/mol. The summed E-state index contributed by atoms with van der Waals surface area (Å²) < 4.78 is 11.1. The van der Waals surface area contributed by atoms with Crippen LogP contribution in [0.15, 0.2) is 30.5 Å². The molecule has 0 radical (unpaired) electrons. The van der Waals surface area contributed by atoms with Crippen LogP contribution in [0.2, 0.25) is 0 Å². The van der Waals surface area contributed by atoms with Gasteiger partial charge in [0.1, 0.15) is 6.04 Å². The number of para-hydroxylation sites is 1. The number of carboxylic acid groups (broad SMARTS) is 1. The number of amides is 1. The van der Waals surface area contributed by atoms with Crippen LogP contribution in [0.4, 0.5) is 0 Å². The maximum atomic E-state index is 12.4. The zero-order chi connectivity index (χ0) is 19.3. The van der Waals surface area contributed by atoms with E-state index in [1.807, 2.05) is 38.1 Å². The maximum Gasteiger partial charge on any atom is 0.326 e. The Morgan fingerprint density at radius 2 is 1.92 bits per heavy atom. The largest absolute Gasteiger partial charge is 0.480 e. The van der Waals surface area contributed by atoms with Gasteiger partial charge in [-0.1, -0.05) is 32.0 Å². The molecule has 5 N–H and O–H groups in total. The fraction of sp³-hybridized carbons (Fsp3) is 0.412. The molecular weight excluding hydrogens is 357 g/mol.